The number of nitrogens with one attached hydrogen (secondary N) is 1. The molecule has 4 nitrogen and oxygen atoms in total. The fourth-order valence-electron chi connectivity index (χ4n) is 1.61. The summed E-state index contributed by atoms with van der Waals surface area (Å²) in [7, 11) is 0. The van der Waals surface area contributed by atoms with Crippen LogP contribution in [0.2, 0.25) is 0 Å². The highest BCUT2D eigenvalue weighted by molar-refractivity contribution is 7.11. The van der Waals surface area contributed by atoms with Gasteiger partial charge in [-0.2, -0.15) is 0 Å². The summed E-state index contributed by atoms with van der Waals surface area (Å²) in [5, 5.41) is 13.1. The third-order valence-corrected chi connectivity index (χ3v) is 3.94. The first-order chi connectivity index (χ1) is 8.02. The number of hydrogen-bond acceptors (Lipinski definition) is 4. The number of thiazole rings is 1. The summed E-state index contributed by atoms with van der Waals surface area (Å²) >= 11 is 1.72. The molecule has 1 aromatic rings. The van der Waals surface area contributed by atoms with Crippen LogP contribution >= 0.6 is 11.3 Å². The molecular formula is C12H20N2O2S. The van der Waals surface area contributed by atoms with Gasteiger partial charge in [-0.1, -0.05) is 6.92 Å². The maximum atomic E-state index is 10.5. The highest BCUT2D eigenvalue weighted by Crippen LogP contribution is 2.20. The summed E-state index contributed by atoms with van der Waals surface area (Å²) < 4.78 is 0. The molecule has 0 bridgehead atoms. The van der Waals surface area contributed by atoms with E-state index in [9.17, 15) is 4.79 Å². The van der Waals surface area contributed by atoms with Gasteiger partial charge in [-0.3, -0.25) is 4.79 Å². The molecule has 0 aliphatic carbocycles. The number of hydrogen-bond donors (Lipinski definition) is 2. The van der Waals surface area contributed by atoms with Gasteiger partial charge in [-0.15, -0.1) is 11.3 Å². The Hall–Kier alpha value is -0.940. The van der Waals surface area contributed by atoms with Crippen molar-refractivity contribution in [2.24, 2.45) is 0 Å². The minimum Gasteiger partial charge on any atom is -0.481 e. The van der Waals surface area contributed by atoms with E-state index in [1.54, 1.807) is 11.3 Å². The molecule has 0 fully saturated rings. The van der Waals surface area contributed by atoms with E-state index >= 15 is 0 Å². The molecule has 0 amide bonds. The molecule has 1 rings (SSSR count). The van der Waals surface area contributed by atoms with Crippen LogP contribution in [0.15, 0.2) is 6.20 Å². The molecule has 2 atom stereocenters. The first kappa shape index (κ1) is 14.1. The van der Waals surface area contributed by atoms with E-state index in [-0.39, 0.29) is 18.5 Å². The number of aromatic nitrogens is 1. The van der Waals surface area contributed by atoms with Crippen LogP contribution in [0.3, 0.4) is 0 Å². The van der Waals surface area contributed by atoms with E-state index in [4.69, 9.17) is 5.11 Å². The van der Waals surface area contributed by atoms with Crippen LogP contribution in [-0.2, 0) is 11.2 Å². The van der Waals surface area contributed by atoms with Crippen molar-refractivity contribution in [3.05, 3.63) is 16.1 Å². The number of carboxylic acids is 1. The second-order valence-electron chi connectivity index (χ2n) is 4.24. The van der Waals surface area contributed by atoms with Gasteiger partial charge in [-0.25, -0.2) is 4.98 Å². The zero-order valence-electron chi connectivity index (χ0n) is 10.6. The number of nitrogens with zero attached hydrogens (tertiary/aromatic N) is 1. The van der Waals surface area contributed by atoms with Crippen LogP contribution in [-0.4, -0.2) is 22.1 Å². The van der Waals surface area contributed by atoms with Crippen molar-refractivity contribution in [1.29, 1.82) is 0 Å². The number of carboxylic acid groups (broad SMARTS) is 1. The summed E-state index contributed by atoms with van der Waals surface area (Å²) in [6.45, 7) is 6.19. The molecule has 0 spiro atoms. The predicted octanol–water partition coefficient (Wildman–Crippen LogP) is 2.61. The SMILES string of the molecule is CCc1cnc(C(C)NC(C)CCC(=O)O)s1. The third-order valence-electron chi connectivity index (χ3n) is 2.62. The van der Waals surface area contributed by atoms with Gasteiger partial charge in [0.2, 0.25) is 0 Å². The molecule has 0 aromatic carbocycles. The van der Waals surface area contributed by atoms with Crippen LogP contribution in [0.1, 0.15) is 49.5 Å². The van der Waals surface area contributed by atoms with Gasteiger partial charge in [0, 0.05) is 23.5 Å². The Kier molecular flexibility index (Phi) is 5.58. The number of rotatable bonds is 7. The van der Waals surface area contributed by atoms with Crippen molar-refractivity contribution in [2.45, 2.75) is 52.1 Å². The Balaban J connectivity index is 2.42. The van der Waals surface area contributed by atoms with Crippen molar-refractivity contribution in [2.75, 3.05) is 0 Å². The first-order valence-electron chi connectivity index (χ1n) is 5.95. The second-order valence-corrected chi connectivity index (χ2v) is 5.39. The van der Waals surface area contributed by atoms with Crippen LogP contribution < -0.4 is 5.32 Å². The molecule has 17 heavy (non-hydrogen) atoms. The molecule has 2 unspecified atom stereocenters. The Morgan fingerprint density at radius 2 is 2.29 bits per heavy atom. The van der Waals surface area contributed by atoms with Crippen molar-refractivity contribution < 1.29 is 9.90 Å². The van der Waals surface area contributed by atoms with Gasteiger partial charge in [0.25, 0.3) is 0 Å². The summed E-state index contributed by atoms with van der Waals surface area (Å²) in [6.07, 6.45) is 3.78. The van der Waals surface area contributed by atoms with E-state index in [2.05, 4.69) is 24.1 Å². The zero-order chi connectivity index (χ0) is 12.8. The summed E-state index contributed by atoms with van der Waals surface area (Å²) in [6, 6.07) is 0.374. The van der Waals surface area contributed by atoms with Gasteiger partial charge in [0.05, 0.1) is 6.04 Å². The van der Waals surface area contributed by atoms with E-state index < -0.39 is 5.97 Å². The first-order valence-corrected chi connectivity index (χ1v) is 6.77. The molecule has 2 N–H and O–H groups in total. The second kappa shape index (κ2) is 6.71. The van der Waals surface area contributed by atoms with Crippen LogP contribution in [0.25, 0.3) is 0 Å². The lowest BCUT2D eigenvalue weighted by Gasteiger charge is -2.17. The van der Waals surface area contributed by atoms with Gasteiger partial charge >= 0.3 is 5.97 Å². The van der Waals surface area contributed by atoms with Gasteiger partial charge in [0.1, 0.15) is 5.01 Å². The van der Waals surface area contributed by atoms with Gasteiger partial charge in [-0.05, 0) is 26.7 Å². The molecule has 96 valence electrons. The molecule has 0 saturated heterocycles. The molecule has 0 aliphatic heterocycles. The van der Waals surface area contributed by atoms with Crippen LogP contribution in [0.4, 0.5) is 0 Å². The van der Waals surface area contributed by atoms with Crippen molar-refractivity contribution in [3.8, 4) is 0 Å². The topological polar surface area (TPSA) is 62.2 Å². The highest BCUT2D eigenvalue weighted by atomic mass is 32.1. The van der Waals surface area contributed by atoms with Gasteiger partial charge < -0.3 is 10.4 Å². The minimum atomic E-state index is -0.742. The lowest BCUT2D eigenvalue weighted by Crippen LogP contribution is -2.29. The molecular weight excluding hydrogens is 236 g/mol. The predicted molar refractivity (Wildman–Crippen MR) is 69.4 cm³/mol. The number of aliphatic carboxylic acids is 1. The number of aryl methyl sites for hydroxylation is 1. The normalized spacial score (nSPS) is 14.5. The average molecular weight is 256 g/mol. The Morgan fingerprint density at radius 3 is 2.82 bits per heavy atom. The number of carbonyl (C=O) groups is 1. The van der Waals surface area contributed by atoms with Crippen LogP contribution in [0, 0.1) is 0 Å². The maximum absolute atomic E-state index is 10.5. The largest absolute Gasteiger partial charge is 0.481 e. The average Bonchev–Trinajstić information content (AvgIpc) is 2.74. The summed E-state index contributed by atoms with van der Waals surface area (Å²) in [5.41, 5.74) is 0. The monoisotopic (exact) mass is 256 g/mol. The summed E-state index contributed by atoms with van der Waals surface area (Å²) in [5.74, 6) is -0.742. The molecule has 5 heteroatoms. The quantitative estimate of drug-likeness (QED) is 0.787. The molecule has 0 radical (unpaired) electrons. The van der Waals surface area contributed by atoms with E-state index in [0.717, 1.165) is 11.4 Å². The standard InChI is InChI=1S/C12H20N2O2S/c1-4-10-7-13-12(17-10)9(3)14-8(2)5-6-11(15)16/h7-9,14H,4-6H2,1-3H3,(H,15,16). The Morgan fingerprint density at radius 1 is 1.59 bits per heavy atom. The van der Waals surface area contributed by atoms with E-state index in [1.165, 1.54) is 4.88 Å². The van der Waals surface area contributed by atoms with Gasteiger partial charge in [0.15, 0.2) is 0 Å². The Labute approximate surface area is 106 Å². The molecule has 0 aliphatic rings. The van der Waals surface area contributed by atoms with E-state index in [0.29, 0.717) is 6.42 Å². The molecule has 1 heterocycles. The van der Waals surface area contributed by atoms with Crippen LogP contribution in [0.5, 0.6) is 0 Å². The fraction of sp³-hybridized carbons (Fsp3) is 0.667. The van der Waals surface area contributed by atoms with Crippen molar-refractivity contribution in [3.63, 3.8) is 0 Å². The lowest BCUT2D eigenvalue weighted by atomic mass is 10.1. The van der Waals surface area contributed by atoms with E-state index in [1.807, 2.05) is 13.1 Å². The van der Waals surface area contributed by atoms with Crippen molar-refractivity contribution in [1.82, 2.24) is 10.3 Å². The maximum Gasteiger partial charge on any atom is 0.303 e. The highest BCUT2D eigenvalue weighted by Gasteiger charge is 2.13. The smallest absolute Gasteiger partial charge is 0.303 e. The molecule has 0 saturated carbocycles. The molecule has 1 aromatic heterocycles. The zero-order valence-corrected chi connectivity index (χ0v) is 11.4. The minimum absolute atomic E-state index is 0.184. The lowest BCUT2D eigenvalue weighted by molar-refractivity contribution is -0.137. The Bertz CT molecular complexity index is 365. The summed E-state index contributed by atoms with van der Waals surface area (Å²) in [4.78, 5) is 16.1. The fourth-order valence-corrected chi connectivity index (χ4v) is 2.48. The third kappa shape index (κ3) is 4.83. The van der Waals surface area contributed by atoms with Crippen molar-refractivity contribution >= 4 is 17.3 Å².